The van der Waals surface area contributed by atoms with Crippen molar-refractivity contribution in [1.82, 2.24) is 15.1 Å². The Morgan fingerprint density at radius 3 is 2.70 bits per heavy atom. The maximum atomic E-state index is 12.6. The minimum absolute atomic E-state index is 0.0998. The number of rotatable bonds is 5. The molecule has 2 amide bonds. The first kappa shape index (κ1) is 18.4. The summed E-state index contributed by atoms with van der Waals surface area (Å²) < 4.78 is 0. The van der Waals surface area contributed by atoms with E-state index in [0.29, 0.717) is 35.6 Å². The molecule has 2 aromatic rings. The molecule has 2 fully saturated rings. The lowest BCUT2D eigenvalue weighted by Gasteiger charge is -2.23. The van der Waals surface area contributed by atoms with Gasteiger partial charge >= 0.3 is 0 Å². The van der Waals surface area contributed by atoms with Crippen LogP contribution in [0.25, 0.3) is 0 Å². The molecule has 0 spiro atoms. The van der Waals surface area contributed by atoms with Crippen molar-refractivity contribution in [3.05, 3.63) is 39.9 Å². The second-order valence-electron chi connectivity index (χ2n) is 7.18. The first-order chi connectivity index (χ1) is 13.1. The maximum absolute atomic E-state index is 12.6. The van der Waals surface area contributed by atoms with Crippen LogP contribution in [0.2, 0.25) is 5.02 Å². The Morgan fingerprint density at radius 2 is 1.96 bits per heavy atom. The lowest BCUT2D eigenvalue weighted by atomic mass is 10.1. The minimum Gasteiger partial charge on any atom is -0.339 e. The Morgan fingerprint density at radius 1 is 1.22 bits per heavy atom. The zero-order valence-electron chi connectivity index (χ0n) is 14.9. The van der Waals surface area contributed by atoms with E-state index < -0.39 is 0 Å². The van der Waals surface area contributed by atoms with Crippen LogP contribution >= 0.6 is 22.9 Å². The number of carbonyl (C=O) groups is 2. The van der Waals surface area contributed by atoms with E-state index >= 15 is 0 Å². The average Bonchev–Trinajstić information content (AvgIpc) is 3.38. The van der Waals surface area contributed by atoms with Gasteiger partial charge in [0.15, 0.2) is 0 Å². The molecule has 1 N–H and O–H groups in total. The fourth-order valence-electron chi connectivity index (χ4n) is 3.84. The van der Waals surface area contributed by atoms with Crippen LogP contribution in [0.1, 0.15) is 42.7 Å². The molecular weight excluding hydrogens is 384 g/mol. The highest BCUT2D eigenvalue weighted by Gasteiger charge is 2.38. The predicted molar refractivity (Wildman–Crippen MR) is 105 cm³/mol. The molecule has 142 valence electrons. The van der Waals surface area contributed by atoms with Crippen LogP contribution in [-0.2, 0) is 16.0 Å². The van der Waals surface area contributed by atoms with Crippen LogP contribution in [0.4, 0.5) is 5.13 Å². The van der Waals surface area contributed by atoms with Gasteiger partial charge < -0.3 is 10.2 Å². The zero-order valence-corrected chi connectivity index (χ0v) is 16.4. The summed E-state index contributed by atoms with van der Waals surface area (Å²) in [5.74, 6) is -0.345. The lowest BCUT2D eigenvalue weighted by molar-refractivity contribution is -0.129. The summed E-state index contributed by atoms with van der Waals surface area (Å²) in [7, 11) is 0. The fraction of sp³-hybridized carbons (Fsp3) is 0.474. The topological polar surface area (TPSA) is 75.2 Å². The van der Waals surface area contributed by atoms with Gasteiger partial charge in [-0.3, -0.25) is 9.59 Å². The van der Waals surface area contributed by atoms with Gasteiger partial charge in [-0.05, 0) is 30.5 Å². The summed E-state index contributed by atoms with van der Waals surface area (Å²) in [6, 6.07) is 7.90. The number of aromatic nitrogens is 2. The van der Waals surface area contributed by atoms with Crippen molar-refractivity contribution in [2.24, 2.45) is 5.92 Å². The molecule has 1 aliphatic heterocycles. The number of benzene rings is 1. The Hall–Kier alpha value is -1.99. The fourth-order valence-corrected chi connectivity index (χ4v) is 4.74. The van der Waals surface area contributed by atoms with Gasteiger partial charge in [0.1, 0.15) is 5.01 Å². The molecule has 1 atom stereocenters. The smallest absolute Gasteiger partial charge is 0.231 e. The first-order valence-corrected chi connectivity index (χ1v) is 10.4. The van der Waals surface area contributed by atoms with Crippen molar-refractivity contribution in [3.8, 4) is 0 Å². The van der Waals surface area contributed by atoms with Crippen LogP contribution in [0.3, 0.4) is 0 Å². The number of halogens is 1. The molecule has 0 bridgehead atoms. The molecule has 8 heteroatoms. The van der Waals surface area contributed by atoms with E-state index in [0.717, 1.165) is 23.4 Å². The molecule has 1 aromatic carbocycles. The number of nitrogens with one attached hydrogen (secondary N) is 1. The number of hydrogen-bond donors (Lipinski definition) is 1. The third-order valence-electron chi connectivity index (χ3n) is 5.26. The maximum Gasteiger partial charge on any atom is 0.231 e. The molecule has 1 aromatic heterocycles. The van der Waals surface area contributed by atoms with E-state index in [1.807, 2.05) is 29.2 Å². The zero-order chi connectivity index (χ0) is 18.8. The van der Waals surface area contributed by atoms with Crippen molar-refractivity contribution in [3.63, 3.8) is 0 Å². The molecule has 1 unspecified atom stereocenters. The van der Waals surface area contributed by atoms with E-state index in [4.69, 9.17) is 11.6 Å². The summed E-state index contributed by atoms with van der Waals surface area (Å²) in [5, 5.41) is 13.1. The van der Waals surface area contributed by atoms with Crippen molar-refractivity contribution in [2.75, 3.05) is 11.9 Å². The second kappa shape index (κ2) is 7.94. The number of likely N-dealkylation sites (tertiary alicyclic amines) is 1. The largest absolute Gasteiger partial charge is 0.339 e. The molecule has 0 radical (unpaired) electrons. The molecule has 1 saturated heterocycles. The van der Waals surface area contributed by atoms with Crippen LogP contribution in [-0.4, -0.2) is 39.5 Å². The van der Waals surface area contributed by atoms with Gasteiger partial charge in [-0.15, -0.1) is 10.2 Å². The molecule has 6 nitrogen and oxygen atoms in total. The normalized spacial score (nSPS) is 20.4. The summed E-state index contributed by atoms with van der Waals surface area (Å²) >= 11 is 7.26. The number of nitrogens with zero attached hydrogens (tertiary/aromatic N) is 3. The number of amides is 2. The Labute approximate surface area is 166 Å². The SMILES string of the molecule is O=C(Nc1nnc(Cc2ccc(Cl)cc2)s1)C1CC(=O)N(C2CCCC2)C1. The predicted octanol–water partition coefficient (Wildman–Crippen LogP) is 3.51. The lowest BCUT2D eigenvalue weighted by Crippen LogP contribution is -2.35. The third kappa shape index (κ3) is 4.30. The minimum atomic E-state index is -0.304. The Bertz CT molecular complexity index is 832. The summed E-state index contributed by atoms with van der Waals surface area (Å²) in [6.07, 6.45) is 5.40. The molecule has 2 aliphatic rings. The van der Waals surface area contributed by atoms with Crippen LogP contribution in [0.5, 0.6) is 0 Å². The van der Waals surface area contributed by atoms with Gasteiger partial charge in [0.05, 0.1) is 5.92 Å². The van der Waals surface area contributed by atoms with E-state index in [2.05, 4.69) is 15.5 Å². The van der Waals surface area contributed by atoms with Crippen molar-refractivity contribution in [2.45, 2.75) is 44.6 Å². The summed E-state index contributed by atoms with van der Waals surface area (Å²) in [6.45, 7) is 0.520. The van der Waals surface area contributed by atoms with Gasteiger partial charge in [-0.2, -0.15) is 0 Å². The highest BCUT2D eigenvalue weighted by molar-refractivity contribution is 7.15. The standard InChI is InChI=1S/C19H21ClN4O2S/c20-14-7-5-12(6-8-14)9-16-22-23-19(27-16)21-18(26)13-10-17(25)24(11-13)15-3-1-2-4-15/h5-8,13,15H,1-4,9-11H2,(H,21,23,26). The highest BCUT2D eigenvalue weighted by Crippen LogP contribution is 2.30. The molecular formula is C19H21ClN4O2S. The van der Waals surface area contributed by atoms with E-state index in [-0.39, 0.29) is 17.7 Å². The molecule has 1 saturated carbocycles. The van der Waals surface area contributed by atoms with Gasteiger partial charge in [0.2, 0.25) is 16.9 Å². The van der Waals surface area contributed by atoms with Gasteiger partial charge in [-0.1, -0.05) is 47.9 Å². The third-order valence-corrected chi connectivity index (χ3v) is 6.35. The molecule has 4 rings (SSSR count). The van der Waals surface area contributed by atoms with Crippen molar-refractivity contribution < 1.29 is 9.59 Å². The summed E-state index contributed by atoms with van der Waals surface area (Å²) in [5.41, 5.74) is 1.09. The van der Waals surface area contributed by atoms with Gasteiger partial charge in [-0.25, -0.2) is 0 Å². The Balaban J connectivity index is 1.34. The van der Waals surface area contributed by atoms with Gasteiger partial charge in [0, 0.05) is 30.5 Å². The molecule has 27 heavy (non-hydrogen) atoms. The van der Waals surface area contributed by atoms with E-state index in [1.54, 1.807) is 0 Å². The van der Waals surface area contributed by atoms with Crippen molar-refractivity contribution >= 4 is 39.9 Å². The van der Waals surface area contributed by atoms with E-state index in [1.165, 1.54) is 24.2 Å². The molecule has 2 heterocycles. The van der Waals surface area contributed by atoms with Crippen LogP contribution in [0, 0.1) is 5.92 Å². The van der Waals surface area contributed by atoms with Gasteiger partial charge in [0.25, 0.3) is 0 Å². The Kier molecular flexibility index (Phi) is 5.41. The average molecular weight is 405 g/mol. The second-order valence-corrected chi connectivity index (χ2v) is 8.68. The van der Waals surface area contributed by atoms with Crippen molar-refractivity contribution in [1.29, 1.82) is 0 Å². The number of anilines is 1. The van der Waals surface area contributed by atoms with Crippen LogP contribution in [0.15, 0.2) is 24.3 Å². The van der Waals surface area contributed by atoms with Crippen LogP contribution < -0.4 is 5.32 Å². The van der Waals surface area contributed by atoms with E-state index in [9.17, 15) is 9.59 Å². The quantitative estimate of drug-likeness (QED) is 0.827. The summed E-state index contributed by atoms with van der Waals surface area (Å²) in [4.78, 5) is 26.7. The highest BCUT2D eigenvalue weighted by atomic mass is 35.5. The molecule has 1 aliphatic carbocycles. The first-order valence-electron chi connectivity index (χ1n) is 9.25. The monoisotopic (exact) mass is 404 g/mol. The number of hydrogen-bond acceptors (Lipinski definition) is 5. The number of carbonyl (C=O) groups excluding carboxylic acids is 2.